The first-order chi connectivity index (χ1) is 8.01. The average Bonchev–Trinajstić information content (AvgIpc) is 2.29. The normalized spacial score (nSPS) is 11.2. The van der Waals surface area contributed by atoms with Gasteiger partial charge in [-0.05, 0) is 19.9 Å². The second-order valence-electron chi connectivity index (χ2n) is 3.44. The van der Waals surface area contributed by atoms with E-state index >= 15 is 0 Å². The van der Waals surface area contributed by atoms with Gasteiger partial charge in [-0.1, -0.05) is 24.3 Å². The van der Waals surface area contributed by atoms with Gasteiger partial charge in [-0.15, -0.1) is 0 Å². The maximum atomic E-state index is 11.5. The number of ether oxygens (including phenoxy) is 1. The Morgan fingerprint density at radius 3 is 2.65 bits per heavy atom. The largest absolute Gasteiger partial charge is 0.497 e. The molecule has 0 aliphatic rings. The van der Waals surface area contributed by atoms with E-state index in [0.717, 1.165) is 0 Å². The van der Waals surface area contributed by atoms with Crippen molar-refractivity contribution in [3.8, 4) is 0 Å². The second kappa shape index (κ2) is 5.64. The van der Waals surface area contributed by atoms with Crippen LogP contribution in [0.4, 0.5) is 0 Å². The Balaban J connectivity index is 3.44. The number of methoxy groups -OCH3 is 1. The molecule has 90 valence electrons. The van der Waals surface area contributed by atoms with E-state index in [4.69, 9.17) is 16.3 Å². The third kappa shape index (κ3) is 2.94. The van der Waals surface area contributed by atoms with Crippen LogP contribution in [0.25, 0.3) is 11.3 Å². The fraction of sp³-hybridized carbons (Fsp3) is 0.231. The third-order valence-electron chi connectivity index (χ3n) is 2.38. The van der Waals surface area contributed by atoms with E-state index in [-0.39, 0.29) is 5.78 Å². The molecule has 1 heterocycles. The van der Waals surface area contributed by atoms with Crippen LogP contribution in [0, 0.1) is 0 Å². The van der Waals surface area contributed by atoms with Crippen molar-refractivity contribution in [3.63, 3.8) is 0 Å². The van der Waals surface area contributed by atoms with Crippen molar-refractivity contribution in [2.24, 2.45) is 0 Å². The van der Waals surface area contributed by atoms with Crippen molar-refractivity contribution in [3.05, 3.63) is 41.2 Å². The van der Waals surface area contributed by atoms with Gasteiger partial charge in [-0.25, -0.2) is 4.98 Å². The van der Waals surface area contributed by atoms with Crippen LogP contribution in [0.5, 0.6) is 0 Å². The van der Waals surface area contributed by atoms with Crippen molar-refractivity contribution in [2.45, 2.75) is 13.8 Å². The highest BCUT2D eigenvalue weighted by molar-refractivity contribution is 6.30. The van der Waals surface area contributed by atoms with E-state index in [9.17, 15) is 4.79 Å². The number of allylic oxidation sites excluding steroid dienone is 2. The molecule has 0 spiro atoms. The number of Topliss-reactive ketones (excluding diaryl/α,β-unsaturated/α-hetero) is 1. The van der Waals surface area contributed by atoms with Crippen molar-refractivity contribution < 1.29 is 9.53 Å². The molecule has 0 aromatic carbocycles. The summed E-state index contributed by atoms with van der Waals surface area (Å²) in [4.78, 5) is 15.5. The molecule has 0 unspecified atom stereocenters. The number of rotatable bonds is 4. The Hall–Kier alpha value is -1.61. The molecule has 1 rings (SSSR count). The summed E-state index contributed by atoms with van der Waals surface area (Å²) in [6, 6.07) is 1.64. The molecule has 0 radical (unpaired) electrons. The van der Waals surface area contributed by atoms with Crippen LogP contribution in [0.1, 0.15) is 25.0 Å². The summed E-state index contributed by atoms with van der Waals surface area (Å²) in [6.45, 7) is 7.06. The summed E-state index contributed by atoms with van der Waals surface area (Å²) >= 11 is 5.85. The van der Waals surface area contributed by atoms with Gasteiger partial charge in [0.1, 0.15) is 10.9 Å². The molecule has 0 atom stereocenters. The minimum atomic E-state index is -0.0417. The maximum Gasteiger partial charge on any atom is 0.160 e. The molecule has 1 aromatic rings. The van der Waals surface area contributed by atoms with E-state index < -0.39 is 0 Å². The fourth-order valence-electron chi connectivity index (χ4n) is 1.53. The number of carbonyl (C=O) groups excluding carboxylic acids is 1. The Morgan fingerprint density at radius 2 is 2.18 bits per heavy atom. The molecule has 3 nitrogen and oxygen atoms in total. The smallest absolute Gasteiger partial charge is 0.160 e. The molecule has 0 saturated carbocycles. The topological polar surface area (TPSA) is 39.2 Å². The summed E-state index contributed by atoms with van der Waals surface area (Å²) in [5, 5.41) is 0.327. The summed E-state index contributed by atoms with van der Waals surface area (Å²) in [5.74, 6) is 0.407. The molecule has 0 fully saturated rings. The monoisotopic (exact) mass is 251 g/mol. The van der Waals surface area contributed by atoms with Crippen LogP contribution in [0.2, 0.25) is 5.15 Å². The zero-order chi connectivity index (χ0) is 13.0. The molecule has 0 N–H and O–H groups in total. The number of hydrogen-bond acceptors (Lipinski definition) is 3. The van der Waals surface area contributed by atoms with E-state index in [2.05, 4.69) is 11.6 Å². The highest BCUT2D eigenvalue weighted by Crippen LogP contribution is 2.27. The first kappa shape index (κ1) is 13.5. The summed E-state index contributed by atoms with van der Waals surface area (Å²) in [7, 11) is 1.52. The molecule has 17 heavy (non-hydrogen) atoms. The third-order valence-corrected chi connectivity index (χ3v) is 2.58. The van der Waals surface area contributed by atoms with Gasteiger partial charge in [-0.2, -0.15) is 0 Å². The number of nitrogens with zero attached hydrogens (tertiary/aromatic N) is 1. The average molecular weight is 252 g/mol. The van der Waals surface area contributed by atoms with Crippen LogP contribution >= 0.6 is 11.6 Å². The quantitative estimate of drug-likeness (QED) is 0.468. The molecule has 0 saturated heterocycles. The van der Waals surface area contributed by atoms with Gasteiger partial charge in [0.15, 0.2) is 5.78 Å². The van der Waals surface area contributed by atoms with Gasteiger partial charge in [0.05, 0.1) is 7.11 Å². The minimum absolute atomic E-state index is 0.0417. The Labute approximate surface area is 106 Å². The minimum Gasteiger partial charge on any atom is -0.497 e. The Bertz CT molecular complexity index is 492. The summed E-state index contributed by atoms with van der Waals surface area (Å²) < 4.78 is 5.08. The molecule has 0 aliphatic heterocycles. The van der Waals surface area contributed by atoms with Crippen LogP contribution < -0.4 is 0 Å². The number of ketones is 1. The van der Waals surface area contributed by atoms with E-state index in [0.29, 0.717) is 27.6 Å². The number of halogens is 1. The Kier molecular flexibility index (Phi) is 4.46. The van der Waals surface area contributed by atoms with Gasteiger partial charge in [-0.3, -0.25) is 4.79 Å². The highest BCUT2D eigenvalue weighted by atomic mass is 35.5. The van der Waals surface area contributed by atoms with E-state index in [1.54, 1.807) is 25.3 Å². The van der Waals surface area contributed by atoms with Gasteiger partial charge in [0, 0.05) is 22.9 Å². The molecule has 4 heteroatoms. The van der Waals surface area contributed by atoms with Crippen LogP contribution in [-0.4, -0.2) is 17.9 Å². The predicted molar refractivity (Wildman–Crippen MR) is 69.6 cm³/mol. The zero-order valence-electron chi connectivity index (χ0n) is 10.1. The van der Waals surface area contributed by atoms with Gasteiger partial charge >= 0.3 is 0 Å². The molecule has 1 aromatic heterocycles. The van der Waals surface area contributed by atoms with E-state index in [1.165, 1.54) is 14.0 Å². The van der Waals surface area contributed by atoms with Crippen LogP contribution in [0.3, 0.4) is 0 Å². The lowest BCUT2D eigenvalue weighted by atomic mass is 9.98. The van der Waals surface area contributed by atoms with Crippen molar-refractivity contribution >= 4 is 28.7 Å². The highest BCUT2D eigenvalue weighted by Gasteiger charge is 2.14. The number of hydrogen-bond donors (Lipinski definition) is 0. The first-order valence-electron chi connectivity index (χ1n) is 5.07. The van der Waals surface area contributed by atoms with Gasteiger partial charge in [0.2, 0.25) is 0 Å². The van der Waals surface area contributed by atoms with Crippen molar-refractivity contribution in [2.75, 3.05) is 7.11 Å². The number of aromatic nitrogens is 1. The number of carbonyl (C=O) groups is 1. The molecular formula is C13H14ClNO2. The standard InChI is InChI=1S/C13H14ClNO2/c1-5-10(8(2)16)11-6-13(14)15-7-12(11)9(3)17-4/h5-7H,3H2,1-2,4H3/b10-5-. The fourth-order valence-corrected chi connectivity index (χ4v) is 1.69. The second-order valence-corrected chi connectivity index (χ2v) is 3.83. The van der Waals surface area contributed by atoms with Crippen LogP contribution in [-0.2, 0) is 9.53 Å². The van der Waals surface area contributed by atoms with Crippen molar-refractivity contribution in [1.82, 2.24) is 4.98 Å². The lowest BCUT2D eigenvalue weighted by Crippen LogP contribution is -2.01. The number of pyridine rings is 1. The lowest BCUT2D eigenvalue weighted by molar-refractivity contribution is -0.111. The molecular weight excluding hydrogens is 238 g/mol. The Morgan fingerprint density at radius 1 is 1.53 bits per heavy atom. The SMILES string of the molecule is C=C(OC)c1cnc(Cl)cc1/C(=C\C)C(C)=O. The molecule has 0 aliphatic carbocycles. The van der Waals surface area contributed by atoms with Crippen molar-refractivity contribution in [1.29, 1.82) is 0 Å². The molecule has 0 amide bonds. The lowest BCUT2D eigenvalue weighted by Gasteiger charge is -2.12. The summed E-state index contributed by atoms with van der Waals surface area (Å²) in [6.07, 6.45) is 3.29. The summed E-state index contributed by atoms with van der Waals surface area (Å²) in [5.41, 5.74) is 1.93. The van der Waals surface area contributed by atoms with Crippen LogP contribution in [0.15, 0.2) is 24.9 Å². The van der Waals surface area contributed by atoms with E-state index in [1.807, 2.05) is 0 Å². The molecule has 0 bridgehead atoms. The predicted octanol–water partition coefficient (Wildman–Crippen LogP) is 3.34. The van der Waals surface area contributed by atoms with Gasteiger partial charge < -0.3 is 4.74 Å². The zero-order valence-corrected chi connectivity index (χ0v) is 10.8. The first-order valence-corrected chi connectivity index (χ1v) is 5.45. The maximum absolute atomic E-state index is 11.5. The van der Waals surface area contributed by atoms with Gasteiger partial charge in [0.25, 0.3) is 0 Å².